The van der Waals surface area contributed by atoms with Crippen molar-refractivity contribution in [3.05, 3.63) is 34.9 Å². The number of carbonyl (C=O) groups excluding carboxylic acids is 2. The Hall–Kier alpha value is -1.55. The van der Waals surface area contributed by atoms with Crippen LogP contribution >= 0.6 is 11.6 Å². The van der Waals surface area contributed by atoms with Crippen molar-refractivity contribution in [2.24, 2.45) is 5.41 Å². The van der Waals surface area contributed by atoms with E-state index in [2.05, 4.69) is 24.5 Å². The Bertz CT molecular complexity index is 543. The molecule has 21 heavy (non-hydrogen) atoms. The molecule has 5 heteroatoms. The molecule has 1 saturated carbocycles. The third kappa shape index (κ3) is 4.74. The van der Waals surface area contributed by atoms with Crippen LogP contribution in [0.1, 0.15) is 43.5 Å². The van der Waals surface area contributed by atoms with Gasteiger partial charge in [-0.15, -0.1) is 0 Å². The maximum Gasteiger partial charge on any atom is 0.251 e. The summed E-state index contributed by atoms with van der Waals surface area (Å²) in [5.41, 5.74) is 0.749. The fourth-order valence-corrected chi connectivity index (χ4v) is 2.92. The molecule has 1 atom stereocenters. The number of rotatable bonds is 4. The maximum absolute atomic E-state index is 11.9. The topological polar surface area (TPSA) is 58.2 Å². The second-order valence-electron chi connectivity index (χ2n) is 6.36. The fraction of sp³-hybridized carbons (Fsp3) is 0.500. The standard InChI is InChI=1S/C16H21ClN2O2/c1-16(2)7-6-13(9-16)19-14(20)10-18-15(21)11-4-3-5-12(17)8-11/h3-5,8,13H,6-7,9-10H2,1-2H3,(H,18,21)(H,19,20). The van der Waals surface area contributed by atoms with Crippen molar-refractivity contribution in [3.63, 3.8) is 0 Å². The molecule has 114 valence electrons. The van der Waals surface area contributed by atoms with Crippen molar-refractivity contribution in [1.29, 1.82) is 0 Å². The van der Waals surface area contributed by atoms with Gasteiger partial charge in [0.25, 0.3) is 5.91 Å². The molecule has 0 radical (unpaired) electrons. The van der Waals surface area contributed by atoms with Crippen LogP contribution in [0.4, 0.5) is 0 Å². The maximum atomic E-state index is 11.9. The molecular formula is C16H21ClN2O2. The normalized spacial score (nSPS) is 20.0. The lowest BCUT2D eigenvalue weighted by Gasteiger charge is -2.18. The molecule has 1 aliphatic rings. The second kappa shape index (κ2) is 6.48. The molecule has 1 aromatic carbocycles. The summed E-state index contributed by atoms with van der Waals surface area (Å²) >= 11 is 5.83. The van der Waals surface area contributed by atoms with E-state index in [4.69, 9.17) is 11.6 Å². The third-order valence-electron chi connectivity index (χ3n) is 3.83. The lowest BCUT2D eigenvalue weighted by Crippen LogP contribution is -2.41. The lowest BCUT2D eigenvalue weighted by atomic mass is 9.92. The van der Waals surface area contributed by atoms with Crippen molar-refractivity contribution in [1.82, 2.24) is 10.6 Å². The van der Waals surface area contributed by atoms with Crippen molar-refractivity contribution >= 4 is 23.4 Å². The van der Waals surface area contributed by atoms with E-state index in [1.54, 1.807) is 24.3 Å². The first-order chi connectivity index (χ1) is 9.85. The highest BCUT2D eigenvalue weighted by Crippen LogP contribution is 2.36. The Morgan fingerprint density at radius 1 is 1.38 bits per heavy atom. The Balaban J connectivity index is 1.78. The second-order valence-corrected chi connectivity index (χ2v) is 6.80. The SMILES string of the molecule is CC1(C)CCC(NC(=O)CNC(=O)c2cccc(Cl)c2)C1. The van der Waals surface area contributed by atoms with E-state index in [0.717, 1.165) is 19.3 Å². The summed E-state index contributed by atoms with van der Waals surface area (Å²) in [4.78, 5) is 23.8. The Kier molecular flexibility index (Phi) is 4.88. The zero-order valence-electron chi connectivity index (χ0n) is 12.4. The predicted molar refractivity (Wildman–Crippen MR) is 83.3 cm³/mol. The predicted octanol–water partition coefficient (Wildman–Crippen LogP) is 2.76. The zero-order chi connectivity index (χ0) is 15.5. The highest BCUT2D eigenvalue weighted by Gasteiger charge is 2.31. The minimum atomic E-state index is -0.292. The lowest BCUT2D eigenvalue weighted by molar-refractivity contribution is -0.120. The summed E-state index contributed by atoms with van der Waals surface area (Å²) in [5, 5.41) is 6.08. The molecule has 0 aromatic heterocycles. The molecule has 1 aliphatic carbocycles. The molecule has 2 rings (SSSR count). The smallest absolute Gasteiger partial charge is 0.251 e. The van der Waals surface area contributed by atoms with E-state index in [9.17, 15) is 9.59 Å². The third-order valence-corrected chi connectivity index (χ3v) is 4.07. The molecule has 0 spiro atoms. The minimum Gasteiger partial charge on any atom is -0.352 e. The highest BCUT2D eigenvalue weighted by atomic mass is 35.5. The van der Waals surface area contributed by atoms with Crippen molar-refractivity contribution < 1.29 is 9.59 Å². The van der Waals surface area contributed by atoms with Gasteiger partial charge in [0.05, 0.1) is 6.54 Å². The molecule has 1 unspecified atom stereocenters. The van der Waals surface area contributed by atoms with Gasteiger partial charge < -0.3 is 10.6 Å². The van der Waals surface area contributed by atoms with Gasteiger partial charge in [0.1, 0.15) is 0 Å². The number of nitrogens with one attached hydrogen (secondary N) is 2. The van der Waals surface area contributed by atoms with Gasteiger partial charge in [-0.25, -0.2) is 0 Å². The first-order valence-corrected chi connectivity index (χ1v) is 7.57. The van der Waals surface area contributed by atoms with Gasteiger partial charge in [-0.2, -0.15) is 0 Å². The summed E-state index contributed by atoms with van der Waals surface area (Å²) in [6.07, 6.45) is 3.11. The van der Waals surface area contributed by atoms with Crippen LogP contribution in [0, 0.1) is 5.41 Å². The number of hydrogen-bond donors (Lipinski definition) is 2. The van der Waals surface area contributed by atoms with E-state index in [-0.39, 0.29) is 24.4 Å². The monoisotopic (exact) mass is 308 g/mol. The zero-order valence-corrected chi connectivity index (χ0v) is 13.2. The van der Waals surface area contributed by atoms with Crippen LogP contribution in [-0.4, -0.2) is 24.4 Å². The van der Waals surface area contributed by atoms with Gasteiger partial charge in [0, 0.05) is 16.6 Å². The van der Waals surface area contributed by atoms with Crippen LogP contribution in [0.5, 0.6) is 0 Å². The molecular weight excluding hydrogens is 288 g/mol. The number of amides is 2. The number of benzene rings is 1. The molecule has 0 saturated heterocycles. The number of carbonyl (C=O) groups is 2. The fourth-order valence-electron chi connectivity index (χ4n) is 2.73. The van der Waals surface area contributed by atoms with Crippen molar-refractivity contribution in [3.8, 4) is 0 Å². The number of hydrogen-bond acceptors (Lipinski definition) is 2. The average Bonchev–Trinajstić information content (AvgIpc) is 2.75. The number of halogens is 1. The van der Waals surface area contributed by atoms with Crippen LogP contribution in [0.2, 0.25) is 5.02 Å². The van der Waals surface area contributed by atoms with Crippen molar-refractivity contribution in [2.45, 2.75) is 39.2 Å². The highest BCUT2D eigenvalue weighted by molar-refractivity contribution is 6.30. The van der Waals surface area contributed by atoms with Crippen LogP contribution in [-0.2, 0) is 4.79 Å². The minimum absolute atomic E-state index is 0.0116. The van der Waals surface area contributed by atoms with Gasteiger partial charge in [0.15, 0.2) is 0 Å². The van der Waals surface area contributed by atoms with E-state index in [1.165, 1.54) is 0 Å². The van der Waals surface area contributed by atoms with E-state index >= 15 is 0 Å². The Labute approximate surface area is 130 Å². The van der Waals surface area contributed by atoms with Gasteiger partial charge in [-0.1, -0.05) is 31.5 Å². The molecule has 2 N–H and O–H groups in total. The van der Waals surface area contributed by atoms with Crippen molar-refractivity contribution in [2.75, 3.05) is 6.54 Å². The molecule has 0 heterocycles. The molecule has 0 bridgehead atoms. The largest absolute Gasteiger partial charge is 0.352 e. The molecule has 1 fully saturated rings. The summed E-state index contributed by atoms with van der Waals surface area (Å²) in [6.45, 7) is 4.41. The first-order valence-electron chi connectivity index (χ1n) is 7.19. The van der Waals surface area contributed by atoms with E-state index < -0.39 is 0 Å². The summed E-state index contributed by atoms with van der Waals surface area (Å²) in [5.74, 6) is -0.438. The quantitative estimate of drug-likeness (QED) is 0.898. The van der Waals surface area contributed by atoms with Crippen LogP contribution in [0.15, 0.2) is 24.3 Å². The van der Waals surface area contributed by atoms with Gasteiger partial charge in [0.2, 0.25) is 5.91 Å². The summed E-state index contributed by atoms with van der Waals surface area (Å²) in [6, 6.07) is 6.87. The summed E-state index contributed by atoms with van der Waals surface area (Å²) < 4.78 is 0. The Morgan fingerprint density at radius 3 is 2.76 bits per heavy atom. The van der Waals surface area contributed by atoms with Gasteiger partial charge >= 0.3 is 0 Å². The average molecular weight is 309 g/mol. The summed E-state index contributed by atoms with van der Waals surface area (Å²) in [7, 11) is 0. The van der Waals surface area contributed by atoms with Gasteiger partial charge in [-0.3, -0.25) is 9.59 Å². The van der Waals surface area contributed by atoms with Crippen LogP contribution in [0.25, 0.3) is 0 Å². The molecule has 2 amide bonds. The molecule has 4 nitrogen and oxygen atoms in total. The Morgan fingerprint density at radius 2 is 2.14 bits per heavy atom. The van der Waals surface area contributed by atoms with E-state index in [0.29, 0.717) is 16.0 Å². The molecule has 1 aromatic rings. The first kappa shape index (κ1) is 15.8. The van der Waals surface area contributed by atoms with Crippen LogP contribution in [0.3, 0.4) is 0 Å². The molecule has 0 aliphatic heterocycles. The van der Waals surface area contributed by atoms with Gasteiger partial charge in [-0.05, 0) is 42.9 Å². The van der Waals surface area contributed by atoms with Crippen LogP contribution < -0.4 is 10.6 Å². The van der Waals surface area contributed by atoms with E-state index in [1.807, 2.05) is 0 Å².